The van der Waals surface area contributed by atoms with E-state index in [0.717, 1.165) is 18.4 Å². The van der Waals surface area contributed by atoms with Gasteiger partial charge in [-0.25, -0.2) is 0 Å². The Labute approximate surface area is 122 Å². The Morgan fingerprint density at radius 3 is 2.25 bits per heavy atom. The van der Waals surface area contributed by atoms with Gasteiger partial charge in [0.25, 0.3) is 0 Å². The van der Waals surface area contributed by atoms with Gasteiger partial charge >= 0.3 is 0 Å². The fourth-order valence-corrected chi connectivity index (χ4v) is 2.60. The van der Waals surface area contributed by atoms with Crippen LogP contribution in [-0.2, 0) is 18.3 Å². The van der Waals surface area contributed by atoms with Gasteiger partial charge in [-0.3, -0.25) is 0 Å². The largest absolute Gasteiger partial charge is 0.508 e. The predicted molar refractivity (Wildman–Crippen MR) is 85.4 cm³/mol. The molecule has 1 N–H and O–H groups in total. The number of benzene rings is 2. The van der Waals surface area contributed by atoms with E-state index in [1.807, 2.05) is 12.1 Å². The Morgan fingerprint density at radius 2 is 1.60 bits per heavy atom. The van der Waals surface area contributed by atoms with Crippen LogP contribution in [0.15, 0.2) is 42.5 Å². The fraction of sp³-hybridized carbons (Fsp3) is 0.368. The van der Waals surface area contributed by atoms with Gasteiger partial charge in [-0.2, -0.15) is 0 Å². The average molecular weight is 268 g/mol. The number of aryl methyl sites for hydroxylation is 2. The molecule has 0 unspecified atom stereocenters. The van der Waals surface area contributed by atoms with E-state index < -0.39 is 0 Å². The summed E-state index contributed by atoms with van der Waals surface area (Å²) < 4.78 is 0. The highest BCUT2D eigenvalue weighted by atomic mass is 16.3. The van der Waals surface area contributed by atoms with E-state index in [1.165, 1.54) is 16.7 Å². The van der Waals surface area contributed by atoms with E-state index in [2.05, 4.69) is 58.0 Å². The Morgan fingerprint density at radius 1 is 0.900 bits per heavy atom. The van der Waals surface area contributed by atoms with Crippen LogP contribution in [-0.4, -0.2) is 5.11 Å². The summed E-state index contributed by atoms with van der Waals surface area (Å²) >= 11 is 0. The normalized spacial score (nSPS) is 11.6. The monoisotopic (exact) mass is 268 g/mol. The predicted octanol–water partition coefficient (Wildman–Crippen LogP) is 4.84. The Kier molecular flexibility index (Phi) is 4.17. The zero-order chi connectivity index (χ0) is 14.8. The molecular formula is C19H24O. The lowest BCUT2D eigenvalue weighted by Gasteiger charge is -2.27. The third-order valence-corrected chi connectivity index (χ3v) is 4.24. The van der Waals surface area contributed by atoms with Crippen molar-refractivity contribution in [2.75, 3.05) is 0 Å². The molecule has 2 aromatic rings. The van der Waals surface area contributed by atoms with Crippen molar-refractivity contribution in [1.82, 2.24) is 0 Å². The van der Waals surface area contributed by atoms with Crippen molar-refractivity contribution >= 4 is 0 Å². The van der Waals surface area contributed by atoms with Crippen molar-refractivity contribution < 1.29 is 5.11 Å². The Balaban J connectivity index is 2.48. The van der Waals surface area contributed by atoms with Gasteiger partial charge in [-0.1, -0.05) is 64.1 Å². The third-order valence-electron chi connectivity index (χ3n) is 4.24. The van der Waals surface area contributed by atoms with Gasteiger partial charge in [0.05, 0.1) is 0 Å². The van der Waals surface area contributed by atoms with Crippen molar-refractivity contribution in [3.05, 3.63) is 64.7 Å². The van der Waals surface area contributed by atoms with Crippen LogP contribution in [0.2, 0.25) is 0 Å². The highest BCUT2D eigenvalue weighted by molar-refractivity contribution is 5.44. The average Bonchev–Trinajstić information content (AvgIpc) is 2.47. The van der Waals surface area contributed by atoms with E-state index in [1.54, 1.807) is 0 Å². The molecule has 106 valence electrons. The Bertz CT molecular complexity index is 596. The molecule has 0 saturated carbocycles. The van der Waals surface area contributed by atoms with Crippen LogP contribution in [0.3, 0.4) is 0 Å². The minimum absolute atomic E-state index is 0.0528. The van der Waals surface area contributed by atoms with E-state index in [4.69, 9.17) is 0 Å². The molecular weight excluding hydrogens is 244 g/mol. The van der Waals surface area contributed by atoms with Crippen LogP contribution < -0.4 is 0 Å². The second kappa shape index (κ2) is 5.70. The maximum atomic E-state index is 9.85. The molecule has 0 bridgehead atoms. The first-order valence-electron chi connectivity index (χ1n) is 7.40. The summed E-state index contributed by atoms with van der Waals surface area (Å²) in [5.74, 6) is 0.398. The van der Waals surface area contributed by atoms with Crippen molar-refractivity contribution in [2.45, 2.75) is 46.0 Å². The molecule has 0 aliphatic heterocycles. The van der Waals surface area contributed by atoms with Gasteiger partial charge in [0.15, 0.2) is 0 Å². The molecule has 0 aromatic heterocycles. The minimum atomic E-state index is -0.0528. The Hall–Kier alpha value is -1.76. The number of aromatic hydroxyl groups is 1. The smallest absolute Gasteiger partial charge is 0.118 e. The number of rotatable bonds is 4. The molecule has 0 amide bonds. The molecule has 0 spiro atoms. The summed E-state index contributed by atoms with van der Waals surface area (Å²) in [6.07, 6.45) is 1.91. The third kappa shape index (κ3) is 2.72. The first-order chi connectivity index (χ1) is 9.48. The highest BCUT2D eigenvalue weighted by Crippen LogP contribution is 2.34. The van der Waals surface area contributed by atoms with E-state index >= 15 is 0 Å². The van der Waals surface area contributed by atoms with E-state index in [0.29, 0.717) is 5.75 Å². The number of hydrogen-bond donors (Lipinski definition) is 1. The summed E-state index contributed by atoms with van der Waals surface area (Å²) in [5, 5.41) is 9.85. The summed E-state index contributed by atoms with van der Waals surface area (Å²) in [7, 11) is 0. The molecule has 0 fully saturated rings. The fourth-order valence-electron chi connectivity index (χ4n) is 2.60. The second-order valence-electron chi connectivity index (χ2n) is 5.88. The second-order valence-corrected chi connectivity index (χ2v) is 5.88. The maximum absolute atomic E-state index is 9.85. The van der Waals surface area contributed by atoms with Crippen LogP contribution in [0.4, 0.5) is 0 Å². The van der Waals surface area contributed by atoms with Crippen molar-refractivity contribution in [2.24, 2.45) is 0 Å². The SMILES string of the molecule is CCc1cccc(C(C)(C)c2ccc(O)c(CC)c2)c1. The first kappa shape index (κ1) is 14.6. The summed E-state index contributed by atoms with van der Waals surface area (Å²) in [4.78, 5) is 0. The zero-order valence-corrected chi connectivity index (χ0v) is 12.9. The summed E-state index contributed by atoms with van der Waals surface area (Å²) in [6.45, 7) is 8.74. The summed E-state index contributed by atoms with van der Waals surface area (Å²) in [6, 6.07) is 14.8. The standard InChI is InChI=1S/C19H24O/c1-5-14-8-7-9-16(12-14)19(3,4)17-10-11-18(20)15(6-2)13-17/h7-13,20H,5-6H2,1-4H3. The lowest BCUT2D eigenvalue weighted by molar-refractivity contribution is 0.468. The van der Waals surface area contributed by atoms with Gasteiger partial charge in [0.2, 0.25) is 0 Å². The van der Waals surface area contributed by atoms with Crippen molar-refractivity contribution in [1.29, 1.82) is 0 Å². The molecule has 0 aliphatic carbocycles. The molecule has 2 rings (SSSR count). The maximum Gasteiger partial charge on any atom is 0.118 e. The van der Waals surface area contributed by atoms with E-state index in [-0.39, 0.29) is 5.41 Å². The van der Waals surface area contributed by atoms with E-state index in [9.17, 15) is 5.11 Å². The molecule has 0 radical (unpaired) electrons. The molecule has 2 aromatic carbocycles. The quantitative estimate of drug-likeness (QED) is 0.841. The molecule has 0 atom stereocenters. The van der Waals surface area contributed by atoms with Crippen LogP contribution in [0.5, 0.6) is 5.75 Å². The van der Waals surface area contributed by atoms with Crippen LogP contribution in [0, 0.1) is 0 Å². The molecule has 1 heteroatoms. The minimum Gasteiger partial charge on any atom is -0.508 e. The van der Waals surface area contributed by atoms with Crippen molar-refractivity contribution in [3.8, 4) is 5.75 Å². The molecule has 1 nitrogen and oxygen atoms in total. The van der Waals surface area contributed by atoms with Crippen molar-refractivity contribution in [3.63, 3.8) is 0 Å². The van der Waals surface area contributed by atoms with Crippen LogP contribution in [0.25, 0.3) is 0 Å². The van der Waals surface area contributed by atoms with Gasteiger partial charge in [-0.15, -0.1) is 0 Å². The van der Waals surface area contributed by atoms with Crippen LogP contribution >= 0.6 is 0 Å². The van der Waals surface area contributed by atoms with Gasteiger partial charge in [0, 0.05) is 5.41 Å². The molecule has 0 heterocycles. The molecule has 0 saturated heterocycles. The van der Waals surface area contributed by atoms with Crippen LogP contribution in [0.1, 0.15) is 49.9 Å². The lowest BCUT2D eigenvalue weighted by Crippen LogP contribution is -2.19. The van der Waals surface area contributed by atoms with Gasteiger partial charge < -0.3 is 5.11 Å². The molecule has 20 heavy (non-hydrogen) atoms. The first-order valence-corrected chi connectivity index (χ1v) is 7.40. The van der Waals surface area contributed by atoms with Gasteiger partial charge in [0.1, 0.15) is 5.75 Å². The molecule has 0 aliphatic rings. The number of hydrogen-bond acceptors (Lipinski definition) is 1. The zero-order valence-electron chi connectivity index (χ0n) is 12.9. The topological polar surface area (TPSA) is 20.2 Å². The lowest BCUT2D eigenvalue weighted by atomic mass is 9.77. The summed E-state index contributed by atoms with van der Waals surface area (Å²) in [5.41, 5.74) is 4.90. The highest BCUT2D eigenvalue weighted by Gasteiger charge is 2.24. The number of phenols is 1. The van der Waals surface area contributed by atoms with Gasteiger partial charge in [-0.05, 0) is 41.2 Å². The number of phenolic OH excluding ortho intramolecular Hbond substituents is 1.